The first kappa shape index (κ1) is 13.5. The highest BCUT2D eigenvalue weighted by molar-refractivity contribution is 5.82. The number of benzene rings is 1. The molecular formula is C15H19N3O. The lowest BCUT2D eigenvalue weighted by Crippen LogP contribution is -2.14. The molecule has 0 N–H and O–H groups in total. The van der Waals surface area contributed by atoms with Crippen LogP contribution in [0.3, 0.4) is 0 Å². The molecule has 4 heteroatoms. The van der Waals surface area contributed by atoms with Gasteiger partial charge in [0.2, 0.25) is 0 Å². The molecule has 2 rings (SSSR count). The van der Waals surface area contributed by atoms with E-state index in [1.165, 1.54) is 11.9 Å². The van der Waals surface area contributed by atoms with E-state index in [-0.39, 0.29) is 11.8 Å². The fourth-order valence-electron chi connectivity index (χ4n) is 2.00. The number of ketones is 1. The molecule has 0 unspecified atom stereocenters. The Kier molecular flexibility index (Phi) is 4.10. The molecule has 0 atom stereocenters. The molecule has 0 fully saturated rings. The zero-order valence-corrected chi connectivity index (χ0v) is 11.6. The van der Waals surface area contributed by atoms with E-state index in [1.54, 1.807) is 4.68 Å². The number of Topliss-reactive ketones (excluding diaryl/α,β-unsaturated/α-hetero) is 1. The third-order valence-corrected chi connectivity index (χ3v) is 3.01. The second-order valence-corrected chi connectivity index (χ2v) is 5.09. The molecule has 0 aliphatic heterocycles. The highest BCUT2D eigenvalue weighted by Gasteiger charge is 2.12. The van der Waals surface area contributed by atoms with Gasteiger partial charge in [0.05, 0.1) is 6.42 Å². The zero-order valence-electron chi connectivity index (χ0n) is 11.6. The number of nitrogens with zero attached hydrogens (tertiary/aromatic N) is 3. The van der Waals surface area contributed by atoms with Crippen molar-refractivity contribution in [2.75, 3.05) is 0 Å². The Balaban J connectivity index is 2.01. The number of carbonyl (C=O) groups excluding carboxylic acids is 1. The maximum absolute atomic E-state index is 12.1. The lowest BCUT2D eigenvalue weighted by molar-refractivity contribution is -0.117. The molecule has 0 radical (unpaired) electrons. The van der Waals surface area contributed by atoms with Gasteiger partial charge in [-0.15, -0.1) is 0 Å². The average Bonchev–Trinajstić information content (AvgIpc) is 2.80. The van der Waals surface area contributed by atoms with E-state index in [0.717, 1.165) is 11.4 Å². The van der Waals surface area contributed by atoms with Crippen LogP contribution in [0.2, 0.25) is 0 Å². The molecule has 1 heterocycles. The number of rotatable bonds is 5. The molecule has 0 aliphatic carbocycles. The van der Waals surface area contributed by atoms with E-state index >= 15 is 0 Å². The van der Waals surface area contributed by atoms with E-state index in [2.05, 4.69) is 10.1 Å². The van der Waals surface area contributed by atoms with E-state index < -0.39 is 0 Å². The van der Waals surface area contributed by atoms with Gasteiger partial charge in [0, 0.05) is 12.5 Å². The van der Waals surface area contributed by atoms with Crippen molar-refractivity contribution in [1.29, 1.82) is 0 Å². The molecule has 0 spiro atoms. The first-order valence-corrected chi connectivity index (χ1v) is 6.52. The van der Waals surface area contributed by atoms with Crippen LogP contribution in [-0.4, -0.2) is 20.5 Å². The van der Waals surface area contributed by atoms with Crippen molar-refractivity contribution < 1.29 is 4.79 Å². The molecule has 0 saturated heterocycles. The first-order valence-electron chi connectivity index (χ1n) is 6.52. The summed E-state index contributed by atoms with van der Waals surface area (Å²) in [5.41, 5.74) is 2.25. The summed E-state index contributed by atoms with van der Waals surface area (Å²) in [5.74, 6) is 0.908. The van der Waals surface area contributed by atoms with E-state index in [0.29, 0.717) is 12.8 Å². The van der Waals surface area contributed by atoms with E-state index in [4.69, 9.17) is 0 Å². The van der Waals surface area contributed by atoms with Gasteiger partial charge in [0.1, 0.15) is 17.9 Å². The lowest BCUT2D eigenvalue weighted by atomic mass is 10.1. The topological polar surface area (TPSA) is 47.8 Å². The van der Waals surface area contributed by atoms with Crippen LogP contribution >= 0.6 is 0 Å². The fourth-order valence-corrected chi connectivity index (χ4v) is 2.00. The van der Waals surface area contributed by atoms with Gasteiger partial charge in [-0.2, -0.15) is 5.10 Å². The monoisotopic (exact) mass is 257 g/mol. The maximum atomic E-state index is 12.1. The molecule has 0 saturated carbocycles. The molecule has 100 valence electrons. The number of hydrogen-bond donors (Lipinski definition) is 0. The molecule has 0 bridgehead atoms. The van der Waals surface area contributed by atoms with Gasteiger partial charge in [-0.3, -0.25) is 4.79 Å². The van der Waals surface area contributed by atoms with Crippen LogP contribution in [0.15, 0.2) is 30.6 Å². The van der Waals surface area contributed by atoms with Crippen LogP contribution in [0.25, 0.3) is 0 Å². The number of hydrogen-bond acceptors (Lipinski definition) is 3. The van der Waals surface area contributed by atoms with Crippen molar-refractivity contribution in [3.8, 4) is 0 Å². The fraction of sp³-hybridized carbons (Fsp3) is 0.400. The van der Waals surface area contributed by atoms with Crippen LogP contribution in [0.1, 0.15) is 36.8 Å². The SMILES string of the molecule is Cc1ccc(CC(=O)Cc2ncnn2C(C)C)cc1. The summed E-state index contributed by atoms with van der Waals surface area (Å²) in [5, 5.41) is 4.14. The summed E-state index contributed by atoms with van der Waals surface area (Å²) in [6.07, 6.45) is 2.30. The summed E-state index contributed by atoms with van der Waals surface area (Å²) in [6.45, 7) is 6.10. The van der Waals surface area contributed by atoms with Gasteiger partial charge < -0.3 is 0 Å². The normalized spacial score (nSPS) is 10.9. The highest BCUT2D eigenvalue weighted by Crippen LogP contribution is 2.09. The van der Waals surface area contributed by atoms with Crippen molar-refractivity contribution in [3.63, 3.8) is 0 Å². The first-order chi connectivity index (χ1) is 9.06. The van der Waals surface area contributed by atoms with Crippen molar-refractivity contribution in [2.24, 2.45) is 0 Å². The molecule has 2 aromatic rings. The van der Waals surface area contributed by atoms with Crippen molar-refractivity contribution in [3.05, 3.63) is 47.5 Å². The van der Waals surface area contributed by atoms with Gasteiger partial charge in [-0.1, -0.05) is 29.8 Å². The second-order valence-electron chi connectivity index (χ2n) is 5.09. The predicted octanol–water partition coefficient (Wildman–Crippen LogP) is 2.52. The number of aromatic nitrogens is 3. The van der Waals surface area contributed by atoms with Crippen molar-refractivity contribution in [2.45, 2.75) is 39.7 Å². The largest absolute Gasteiger partial charge is 0.299 e. The Bertz CT molecular complexity index is 555. The third-order valence-electron chi connectivity index (χ3n) is 3.01. The summed E-state index contributed by atoms with van der Waals surface area (Å²) >= 11 is 0. The molecule has 0 aliphatic rings. The molecular weight excluding hydrogens is 238 g/mol. The zero-order chi connectivity index (χ0) is 13.8. The van der Waals surface area contributed by atoms with Gasteiger partial charge in [0.25, 0.3) is 0 Å². The molecule has 1 aromatic carbocycles. The van der Waals surface area contributed by atoms with E-state index in [9.17, 15) is 4.79 Å². The molecule has 0 amide bonds. The minimum absolute atomic E-state index is 0.166. The highest BCUT2D eigenvalue weighted by atomic mass is 16.1. The Morgan fingerprint density at radius 3 is 2.53 bits per heavy atom. The van der Waals surface area contributed by atoms with Crippen LogP contribution in [0.5, 0.6) is 0 Å². The lowest BCUT2D eigenvalue weighted by Gasteiger charge is -2.08. The summed E-state index contributed by atoms with van der Waals surface area (Å²) < 4.78 is 1.80. The number of carbonyl (C=O) groups is 1. The van der Waals surface area contributed by atoms with Gasteiger partial charge in [0.15, 0.2) is 0 Å². The quantitative estimate of drug-likeness (QED) is 0.827. The van der Waals surface area contributed by atoms with Crippen molar-refractivity contribution >= 4 is 5.78 Å². The Hall–Kier alpha value is -1.97. The smallest absolute Gasteiger partial charge is 0.144 e. The molecule has 1 aromatic heterocycles. The molecule has 19 heavy (non-hydrogen) atoms. The second kappa shape index (κ2) is 5.78. The van der Waals surface area contributed by atoms with Gasteiger partial charge in [-0.25, -0.2) is 9.67 Å². The van der Waals surface area contributed by atoms with Crippen LogP contribution < -0.4 is 0 Å². The number of aryl methyl sites for hydroxylation is 1. The van der Waals surface area contributed by atoms with Crippen LogP contribution in [-0.2, 0) is 17.6 Å². The molecule has 4 nitrogen and oxygen atoms in total. The van der Waals surface area contributed by atoms with E-state index in [1.807, 2.05) is 45.0 Å². The Morgan fingerprint density at radius 1 is 1.21 bits per heavy atom. The van der Waals surface area contributed by atoms with Crippen LogP contribution in [0, 0.1) is 6.92 Å². The standard InChI is InChI=1S/C15H19N3O/c1-11(2)18-15(16-10-17-18)9-14(19)8-13-6-4-12(3)5-7-13/h4-7,10-11H,8-9H2,1-3H3. The summed E-state index contributed by atoms with van der Waals surface area (Å²) in [7, 11) is 0. The summed E-state index contributed by atoms with van der Waals surface area (Å²) in [6, 6.07) is 8.28. The average molecular weight is 257 g/mol. The van der Waals surface area contributed by atoms with Crippen LogP contribution in [0.4, 0.5) is 0 Å². The third kappa shape index (κ3) is 3.50. The minimum atomic E-state index is 0.166. The van der Waals surface area contributed by atoms with Gasteiger partial charge in [-0.05, 0) is 26.3 Å². The Labute approximate surface area is 113 Å². The predicted molar refractivity (Wildman–Crippen MR) is 74.0 cm³/mol. The van der Waals surface area contributed by atoms with Gasteiger partial charge >= 0.3 is 0 Å². The maximum Gasteiger partial charge on any atom is 0.144 e. The summed E-state index contributed by atoms with van der Waals surface area (Å²) in [4.78, 5) is 16.2. The Morgan fingerprint density at radius 2 is 1.89 bits per heavy atom. The van der Waals surface area contributed by atoms with Crippen molar-refractivity contribution in [1.82, 2.24) is 14.8 Å². The minimum Gasteiger partial charge on any atom is -0.299 e.